The minimum Gasteiger partial charge on any atom is -0.366 e. The third-order valence-electron chi connectivity index (χ3n) is 5.68. The monoisotopic (exact) mass is 408 g/mol. The van der Waals surface area contributed by atoms with Gasteiger partial charge in [-0.2, -0.15) is 0 Å². The number of hydrogen-bond donors (Lipinski definition) is 0. The van der Waals surface area contributed by atoms with Gasteiger partial charge in [0.05, 0.1) is 12.1 Å². The van der Waals surface area contributed by atoms with Crippen molar-refractivity contribution in [2.75, 3.05) is 13.1 Å². The van der Waals surface area contributed by atoms with Gasteiger partial charge in [-0.3, -0.25) is 14.5 Å². The molecule has 0 aromatic heterocycles. The van der Waals surface area contributed by atoms with E-state index in [0.717, 1.165) is 30.6 Å². The molecule has 2 aromatic rings. The number of halogens is 1. The summed E-state index contributed by atoms with van der Waals surface area (Å²) in [5, 5.41) is 0.558. The lowest BCUT2D eigenvalue weighted by Crippen LogP contribution is -2.41. The quantitative estimate of drug-likeness (QED) is 0.694. The minimum absolute atomic E-state index is 0.177. The van der Waals surface area contributed by atoms with E-state index in [4.69, 9.17) is 11.6 Å². The van der Waals surface area contributed by atoms with E-state index in [2.05, 4.69) is 18.7 Å². The molecule has 2 heterocycles. The zero-order chi connectivity index (χ0) is 20.5. The second-order valence-electron chi connectivity index (χ2n) is 8.23. The fraction of sp³-hybridized carbons (Fsp3) is 0.333. The molecule has 1 fully saturated rings. The van der Waals surface area contributed by atoms with E-state index in [-0.39, 0.29) is 18.4 Å². The normalized spacial score (nSPS) is 22.6. The molecule has 150 valence electrons. The van der Waals surface area contributed by atoms with Gasteiger partial charge in [0.25, 0.3) is 11.8 Å². The van der Waals surface area contributed by atoms with Crippen molar-refractivity contribution in [2.24, 2.45) is 11.8 Å². The topological polar surface area (TPSA) is 40.6 Å². The van der Waals surface area contributed by atoms with Crippen LogP contribution in [-0.2, 0) is 16.1 Å². The fourth-order valence-corrected chi connectivity index (χ4v) is 4.70. The van der Waals surface area contributed by atoms with Gasteiger partial charge in [0.1, 0.15) is 5.70 Å². The van der Waals surface area contributed by atoms with Crippen LogP contribution in [0.4, 0.5) is 0 Å². The number of benzene rings is 2. The highest BCUT2D eigenvalue weighted by Gasteiger charge is 2.42. The Hall–Kier alpha value is -2.59. The molecule has 0 spiro atoms. The highest BCUT2D eigenvalue weighted by Crippen LogP contribution is 2.36. The number of piperidine rings is 1. The molecule has 29 heavy (non-hydrogen) atoms. The lowest BCUT2D eigenvalue weighted by Gasteiger charge is -2.37. The molecular formula is C24H25ClN2O2. The van der Waals surface area contributed by atoms with Gasteiger partial charge in [-0.05, 0) is 35.4 Å². The van der Waals surface area contributed by atoms with Crippen molar-refractivity contribution in [3.63, 3.8) is 0 Å². The average Bonchev–Trinajstić information content (AvgIpc) is 2.94. The van der Waals surface area contributed by atoms with Gasteiger partial charge >= 0.3 is 0 Å². The van der Waals surface area contributed by atoms with Gasteiger partial charge in [0.2, 0.25) is 0 Å². The molecule has 2 atom stereocenters. The Bertz CT molecular complexity index is 960. The molecule has 2 amide bonds. The van der Waals surface area contributed by atoms with E-state index in [1.165, 1.54) is 4.90 Å². The zero-order valence-electron chi connectivity index (χ0n) is 16.8. The third kappa shape index (κ3) is 3.82. The Morgan fingerprint density at radius 1 is 0.897 bits per heavy atom. The lowest BCUT2D eigenvalue weighted by atomic mass is 9.91. The summed E-state index contributed by atoms with van der Waals surface area (Å²) in [5.74, 6) is 0.477. The van der Waals surface area contributed by atoms with Crippen molar-refractivity contribution in [1.29, 1.82) is 0 Å². The van der Waals surface area contributed by atoms with E-state index >= 15 is 0 Å². The van der Waals surface area contributed by atoms with E-state index in [0.29, 0.717) is 28.1 Å². The lowest BCUT2D eigenvalue weighted by molar-refractivity contribution is -0.138. The molecule has 0 bridgehead atoms. The molecule has 0 aliphatic carbocycles. The standard InChI is InChI=1S/C24H25ClN2O2/c1-16-12-17(2)14-26(13-16)22-21(18-8-4-3-5-9-18)23(28)27(24(22)29)15-19-10-6-7-11-20(19)25/h3-11,16-17H,12-15H2,1-2H3. The predicted octanol–water partition coefficient (Wildman–Crippen LogP) is 4.60. The van der Waals surface area contributed by atoms with Crippen LogP contribution in [0.25, 0.3) is 5.57 Å². The predicted molar refractivity (Wildman–Crippen MR) is 115 cm³/mol. The number of likely N-dealkylation sites (tertiary alicyclic amines) is 1. The van der Waals surface area contributed by atoms with Gasteiger partial charge in [-0.25, -0.2) is 0 Å². The van der Waals surface area contributed by atoms with Gasteiger partial charge in [0, 0.05) is 18.1 Å². The van der Waals surface area contributed by atoms with Crippen LogP contribution in [0.15, 0.2) is 60.3 Å². The summed E-state index contributed by atoms with van der Waals surface area (Å²) >= 11 is 6.30. The molecule has 4 nitrogen and oxygen atoms in total. The fourth-order valence-electron chi connectivity index (χ4n) is 4.51. The maximum absolute atomic E-state index is 13.5. The van der Waals surface area contributed by atoms with E-state index in [9.17, 15) is 9.59 Å². The number of carbonyl (C=O) groups excluding carboxylic acids is 2. The van der Waals surface area contributed by atoms with Crippen molar-refractivity contribution >= 4 is 29.0 Å². The first kappa shape index (κ1) is 19.7. The van der Waals surface area contributed by atoms with Crippen LogP contribution in [0.5, 0.6) is 0 Å². The summed E-state index contributed by atoms with van der Waals surface area (Å²) < 4.78 is 0. The molecule has 1 saturated heterocycles. The molecule has 5 heteroatoms. The van der Waals surface area contributed by atoms with E-state index in [1.807, 2.05) is 48.5 Å². The van der Waals surface area contributed by atoms with E-state index < -0.39 is 0 Å². The van der Waals surface area contributed by atoms with Crippen molar-refractivity contribution in [1.82, 2.24) is 9.80 Å². The summed E-state index contributed by atoms with van der Waals surface area (Å²) in [7, 11) is 0. The largest absolute Gasteiger partial charge is 0.366 e. The Morgan fingerprint density at radius 3 is 2.17 bits per heavy atom. The summed E-state index contributed by atoms with van der Waals surface area (Å²) in [6.45, 7) is 6.16. The third-order valence-corrected chi connectivity index (χ3v) is 6.05. The first-order valence-electron chi connectivity index (χ1n) is 10.1. The van der Waals surface area contributed by atoms with Gasteiger partial charge in [-0.15, -0.1) is 0 Å². The maximum atomic E-state index is 13.5. The number of imide groups is 1. The maximum Gasteiger partial charge on any atom is 0.278 e. The van der Waals surface area contributed by atoms with Crippen LogP contribution in [0.2, 0.25) is 5.02 Å². The Balaban J connectivity index is 1.75. The molecule has 0 N–H and O–H groups in total. The Morgan fingerprint density at radius 2 is 1.52 bits per heavy atom. The molecule has 0 radical (unpaired) electrons. The summed E-state index contributed by atoms with van der Waals surface area (Å²) in [6, 6.07) is 16.9. The van der Waals surface area contributed by atoms with Crippen molar-refractivity contribution < 1.29 is 9.59 Å². The van der Waals surface area contributed by atoms with Crippen LogP contribution in [0.1, 0.15) is 31.4 Å². The van der Waals surface area contributed by atoms with Crippen LogP contribution >= 0.6 is 11.6 Å². The zero-order valence-corrected chi connectivity index (χ0v) is 17.5. The molecule has 4 rings (SSSR count). The van der Waals surface area contributed by atoms with Crippen molar-refractivity contribution in [3.05, 3.63) is 76.4 Å². The molecule has 2 aromatic carbocycles. The second kappa shape index (κ2) is 8.03. The SMILES string of the molecule is CC1CC(C)CN(C2=C(c3ccccc3)C(=O)N(Cc3ccccc3Cl)C2=O)C1. The van der Waals surface area contributed by atoms with Crippen molar-refractivity contribution in [3.8, 4) is 0 Å². The summed E-state index contributed by atoms with van der Waals surface area (Å²) in [6.07, 6.45) is 1.13. The van der Waals surface area contributed by atoms with Crippen LogP contribution < -0.4 is 0 Å². The minimum atomic E-state index is -0.248. The molecule has 2 aliphatic rings. The Kier molecular flexibility index (Phi) is 5.46. The average molecular weight is 409 g/mol. The molecule has 2 aliphatic heterocycles. The first-order chi connectivity index (χ1) is 14.0. The van der Waals surface area contributed by atoms with Crippen LogP contribution in [0.3, 0.4) is 0 Å². The van der Waals surface area contributed by atoms with Crippen molar-refractivity contribution in [2.45, 2.75) is 26.8 Å². The summed E-state index contributed by atoms with van der Waals surface area (Å²) in [4.78, 5) is 30.4. The summed E-state index contributed by atoms with van der Waals surface area (Å²) in [5.41, 5.74) is 2.59. The molecule has 2 unspecified atom stereocenters. The first-order valence-corrected chi connectivity index (χ1v) is 10.5. The van der Waals surface area contributed by atoms with Gasteiger partial charge in [0.15, 0.2) is 0 Å². The van der Waals surface area contributed by atoms with Crippen LogP contribution in [0, 0.1) is 11.8 Å². The number of nitrogens with zero attached hydrogens (tertiary/aromatic N) is 2. The highest BCUT2D eigenvalue weighted by molar-refractivity contribution is 6.35. The molecular weight excluding hydrogens is 384 g/mol. The van der Waals surface area contributed by atoms with Gasteiger partial charge < -0.3 is 4.90 Å². The number of rotatable bonds is 4. The highest BCUT2D eigenvalue weighted by atomic mass is 35.5. The molecule has 0 saturated carbocycles. The smallest absolute Gasteiger partial charge is 0.278 e. The number of hydrogen-bond acceptors (Lipinski definition) is 3. The van der Waals surface area contributed by atoms with Gasteiger partial charge in [-0.1, -0.05) is 74.0 Å². The van der Waals surface area contributed by atoms with Crippen LogP contribution in [-0.4, -0.2) is 34.7 Å². The number of carbonyl (C=O) groups is 2. The van der Waals surface area contributed by atoms with E-state index in [1.54, 1.807) is 6.07 Å². The number of amides is 2. The Labute approximate surface area is 176 Å². The second-order valence-corrected chi connectivity index (χ2v) is 8.64.